The van der Waals surface area contributed by atoms with Crippen LogP contribution in [0.5, 0.6) is 0 Å². The molecule has 2 atom stereocenters. The molecule has 0 bridgehead atoms. The molecule has 4 heteroatoms. The normalized spacial score (nSPS) is 23.0. The van der Waals surface area contributed by atoms with Gasteiger partial charge in [0.15, 0.2) is 0 Å². The van der Waals surface area contributed by atoms with Crippen molar-refractivity contribution in [3.63, 3.8) is 0 Å². The summed E-state index contributed by atoms with van der Waals surface area (Å²) in [5.41, 5.74) is 9.31. The molecule has 2 N–H and O–H groups in total. The highest BCUT2D eigenvalue weighted by Crippen LogP contribution is 2.29. The Labute approximate surface area is 120 Å². The fourth-order valence-corrected chi connectivity index (χ4v) is 3.48. The van der Waals surface area contributed by atoms with E-state index in [0.29, 0.717) is 12.0 Å². The van der Waals surface area contributed by atoms with E-state index >= 15 is 0 Å². The summed E-state index contributed by atoms with van der Waals surface area (Å²) < 4.78 is 2.12. The highest BCUT2D eigenvalue weighted by molar-refractivity contribution is 5.41. The van der Waals surface area contributed by atoms with Crippen molar-refractivity contribution in [3.05, 3.63) is 35.8 Å². The first-order valence-corrected chi connectivity index (χ1v) is 7.52. The first-order valence-electron chi connectivity index (χ1n) is 7.52. The zero-order valence-corrected chi connectivity index (χ0v) is 12.4. The van der Waals surface area contributed by atoms with Crippen LogP contribution in [0.15, 0.2) is 24.5 Å². The Morgan fingerprint density at radius 1 is 1.35 bits per heavy atom. The maximum Gasteiger partial charge on any atom is 0.137 e. The van der Waals surface area contributed by atoms with Crippen molar-refractivity contribution in [1.82, 2.24) is 14.3 Å². The Balaban J connectivity index is 1.75. The Morgan fingerprint density at radius 3 is 3.00 bits per heavy atom. The minimum atomic E-state index is 0.617. The maximum atomic E-state index is 5.89. The summed E-state index contributed by atoms with van der Waals surface area (Å²) in [5.74, 6) is 0.652. The number of aryl methyl sites for hydroxylation is 1. The molecule has 0 amide bonds. The van der Waals surface area contributed by atoms with E-state index in [1.54, 1.807) is 0 Å². The molecule has 108 valence electrons. The molecule has 20 heavy (non-hydrogen) atoms. The fourth-order valence-electron chi connectivity index (χ4n) is 3.48. The Kier molecular flexibility index (Phi) is 3.76. The Bertz CT molecular complexity index is 589. The largest absolute Gasteiger partial charge is 0.330 e. The van der Waals surface area contributed by atoms with Gasteiger partial charge in [-0.1, -0.05) is 12.5 Å². The maximum absolute atomic E-state index is 5.89. The zero-order chi connectivity index (χ0) is 14.1. The van der Waals surface area contributed by atoms with Gasteiger partial charge in [-0.25, -0.2) is 4.98 Å². The summed E-state index contributed by atoms with van der Waals surface area (Å²) in [5, 5.41) is 0. The summed E-state index contributed by atoms with van der Waals surface area (Å²) in [6, 6.07) is 4.81. The molecule has 0 aliphatic heterocycles. The van der Waals surface area contributed by atoms with Gasteiger partial charge in [0.1, 0.15) is 5.65 Å². The highest BCUT2D eigenvalue weighted by atomic mass is 15.2. The standard InChI is InChI=1S/C16H24N4/c1-12-6-7-16-18-14(11-20(16)9-12)10-19(2)15-5-3-4-13(15)8-17/h6-7,9,11,13,15H,3-5,8,10,17H2,1-2H3. The topological polar surface area (TPSA) is 46.6 Å². The van der Waals surface area contributed by atoms with Gasteiger partial charge in [-0.3, -0.25) is 4.90 Å². The van der Waals surface area contributed by atoms with Crippen molar-refractivity contribution < 1.29 is 0 Å². The molecular weight excluding hydrogens is 248 g/mol. The summed E-state index contributed by atoms with van der Waals surface area (Å²) in [7, 11) is 2.20. The SMILES string of the molecule is Cc1ccc2nc(CN(C)C3CCCC3CN)cn2c1. The van der Waals surface area contributed by atoms with E-state index in [2.05, 4.69) is 47.8 Å². The van der Waals surface area contributed by atoms with Crippen molar-refractivity contribution in [2.75, 3.05) is 13.6 Å². The molecule has 0 spiro atoms. The second-order valence-corrected chi connectivity index (χ2v) is 6.11. The smallest absolute Gasteiger partial charge is 0.137 e. The quantitative estimate of drug-likeness (QED) is 0.928. The average molecular weight is 272 g/mol. The van der Waals surface area contributed by atoms with Crippen LogP contribution in [0.3, 0.4) is 0 Å². The van der Waals surface area contributed by atoms with Gasteiger partial charge in [-0.2, -0.15) is 0 Å². The Morgan fingerprint density at radius 2 is 2.20 bits per heavy atom. The lowest BCUT2D eigenvalue weighted by Crippen LogP contribution is -2.37. The molecule has 1 fully saturated rings. The van der Waals surface area contributed by atoms with Gasteiger partial charge in [0.05, 0.1) is 5.69 Å². The van der Waals surface area contributed by atoms with Gasteiger partial charge in [0, 0.05) is 25.0 Å². The third-order valence-corrected chi connectivity index (χ3v) is 4.55. The number of nitrogens with zero attached hydrogens (tertiary/aromatic N) is 3. The number of hydrogen-bond donors (Lipinski definition) is 1. The summed E-state index contributed by atoms with van der Waals surface area (Å²) in [6.45, 7) is 3.82. The predicted octanol–water partition coefficient (Wildman–Crippen LogP) is 2.20. The first-order chi connectivity index (χ1) is 9.67. The molecule has 0 radical (unpaired) electrons. The van der Waals surface area contributed by atoms with Crippen LogP contribution in [0.25, 0.3) is 5.65 Å². The van der Waals surface area contributed by atoms with Gasteiger partial charge in [0.25, 0.3) is 0 Å². The second kappa shape index (κ2) is 5.54. The van der Waals surface area contributed by atoms with E-state index < -0.39 is 0 Å². The number of hydrogen-bond acceptors (Lipinski definition) is 3. The fraction of sp³-hybridized carbons (Fsp3) is 0.562. The van der Waals surface area contributed by atoms with Crippen molar-refractivity contribution in [2.24, 2.45) is 11.7 Å². The van der Waals surface area contributed by atoms with E-state index in [0.717, 1.165) is 24.4 Å². The van der Waals surface area contributed by atoms with E-state index in [1.807, 2.05) is 0 Å². The van der Waals surface area contributed by atoms with E-state index in [9.17, 15) is 0 Å². The summed E-state index contributed by atoms with van der Waals surface area (Å²) in [6.07, 6.45) is 8.12. The highest BCUT2D eigenvalue weighted by Gasteiger charge is 2.29. The van der Waals surface area contributed by atoms with Crippen LogP contribution in [-0.2, 0) is 6.54 Å². The molecule has 1 aliphatic rings. The van der Waals surface area contributed by atoms with E-state index in [4.69, 9.17) is 10.7 Å². The van der Waals surface area contributed by atoms with Crippen LogP contribution >= 0.6 is 0 Å². The van der Waals surface area contributed by atoms with E-state index in [1.165, 1.54) is 24.8 Å². The van der Waals surface area contributed by atoms with Gasteiger partial charge < -0.3 is 10.1 Å². The number of rotatable bonds is 4. The monoisotopic (exact) mass is 272 g/mol. The predicted molar refractivity (Wildman–Crippen MR) is 81.6 cm³/mol. The minimum Gasteiger partial charge on any atom is -0.330 e. The molecule has 1 aliphatic carbocycles. The van der Waals surface area contributed by atoms with Crippen molar-refractivity contribution >= 4 is 5.65 Å². The molecule has 1 saturated carbocycles. The first kappa shape index (κ1) is 13.6. The van der Waals surface area contributed by atoms with E-state index in [-0.39, 0.29) is 0 Å². The van der Waals surface area contributed by atoms with Crippen LogP contribution in [-0.4, -0.2) is 33.9 Å². The van der Waals surface area contributed by atoms with Gasteiger partial charge in [-0.15, -0.1) is 0 Å². The molecule has 0 aromatic carbocycles. The molecule has 2 aromatic heterocycles. The van der Waals surface area contributed by atoms with Gasteiger partial charge in [-0.05, 0) is 50.9 Å². The lowest BCUT2D eigenvalue weighted by atomic mass is 10.0. The number of fused-ring (bicyclic) bond motifs is 1. The van der Waals surface area contributed by atoms with Crippen LogP contribution in [0.2, 0.25) is 0 Å². The molecule has 0 saturated heterocycles. The lowest BCUT2D eigenvalue weighted by molar-refractivity contribution is 0.191. The Hall–Kier alpha value is -1.39. The molecule has 3 rings (SSSR count). The third-order valence-electron chi connectivity index (χ3n) is 4.55. The van der Waals surface area contributed by atoms with Gasteiger partial charge in [0.2, 0.25) is 0 Å². The second-order valence-electron chi connectivity index (χ2n) is 6.11. The number of pyridine rings is 1. The van der Waals surface area contributed by atoms with Crippen molar-refractivity contribution in [1.29, 1.82) is 0 Å². The summed E-state index contributed by atoms with van der Waals surface area (Å²) in [4.78, 5) is 7.14. The van der Waals surface area contributed by atoms with Crippen molar-refractivity contribution in [3.8, 4) is 0 Å². The average Bonchev–Trinajstić information content (AvgIpc) is 3.03. The van der Waals surface area contributed by atoms with Crippen LogP contribution in [0, 0.1) is 12.8 Å². The third kappa shape index (κ3) is 2.58. The number of nitrogens with two attached hydrogens (primary N) is 1. The summed E-state index contributed by atoms with van der Waals surface area (Å²) >= 11 is 0. The molecule has 4 nitrogen and oxygen atoms in total. The molecular formula is C16H24N4. The van der Waals surface area contributed by atoms with Crippen molar-refractivity contribution in [2.45, 2.75) is 38.8 Å². The van der Waals surface area contributed by atoms with Crippen LogP contribution in [0.4, 0.5) is 0 Å². The molecule has 2 heterocycles. The minimum absolute atomic E-state index is 0.617. The zero-order valence-electron chi connectivity index (χ0n) is 12.4. The number of aromatic nitrogens is 2. The molecule has 2 aromatic rings. The molecule has 2 unspecified atom stereocenters. The number of imidazole rings is 1. The van der Waals surface area contributed by atoms with Gasteiger partial charge >= 0.3 is 0 Å². The van der Waals surface area contributed by atoms with Crippen LogP contribution in [0.1, 0.15) is 30.5 Å². The van der Waals surface area contributed by atoms with Crippen LogP contribution < -0.4 is 5.73 Å². The lowest BCUT2D eigenvalue weighted by Gasteiger charge is -2.28.